The van der Waals surface area contributed by atoms with Crippen LogP contribution in [0.3, 0.4) is 0 Å². The number of aliphatic imine (C=N–C) groups is 1. The van der Waals surface area contributed by atoms with Gasteiger partial charge in [-0.1, -0.05) is 30.5 Å². The highest BCUT2D eigenvalue weighted by molar-refractivity contribution is 5.79. The van der Waals surface area contributed by atoms with Crippen LogP contribution in [0.15, 0.2) is 23.2 Å². The van der Waals surface area contributed by atoms with E-state index in [0.717, 1.165) is 37.8 Å². The minimum Gasteiger partial charge on any atom is -0.466 e. The number of nitrogens with zero attached hydrogens (tertiary/aromatic N) is 1. The van der Waals surface area contributed by atoms with Gasteiger partial charge < -0.3 is 20.1 Å². The number of guanidine groups is 1. The van der Waals surface area contributed by atoms with E-state index in [9.17, 15) is 13.6 Å². The summed E-state index contributed by atoms with van der Waals surface area (Å²) in [7, 11) is 1.65. The van der Waals surface area contributed by atoms with Crippen molar-refractivity contribution in [3.8, 4) is 5.75 Å². The fraction of sp³-hybridized carbons (Fsp3) is 0.600. The van der Waals surface area contributed by atoms with Gasteiger partial charge in [-0.25, -0.2) is 0 Å². The number of halogens is 2. The Bertz CT molecular complexity index is 625. The predicted molar refractivity (Wildman–Crippen MR) is 106 cm³/mol. The van der Waals surface area contributed by atoms with Crippen LogP contribution in [-0.2, 0) is 16.1 Å². The van der Waals surface area contributed by atoms with Crippen molar-refractivity contribution in [3.63, 3.8) is 0 Å². The Labute approximate surface area is 165 Å². The molecule has 0 aliphatic heterocycles. The van der Waals surface area contributed by atoms with Crippen LogP contribution in [0.2, 0.25) is 0 Å². The summed E-state index contributed by atoms with van der Waals surface area (Å²) in [6.45, 7) is 2.31. The molecule has 0 aromatic heterocycles. The second-order valence-corrected chi connectivity index (χ2v) is 6.31. The number of unbranched alkanes of at least 4 members (excludes halogenated alkanes) is 3. The number of carbonyl (C=O) groups is 1. The van der Waals surface area contributed by atoms with E-state index < -0.39 is 6.61 Å². The molecule has 1 aromatic carbocycles. The molecule has 0 aliphatic rings. The van der Waals surface area contributed by atoms with Crippen molar-refractivity contribution >= 4 is 11.9 Å². The third kappa shape index (κ3) is 10.1. The second kappa shape index (κ2) is 13.7. The maximum absolute atomic E-state index is 12.5. The zero-order valence-corrected chi connectivity index (χ0v) is 16.9. The first-order chi connectivity index (χ1) is 13.5. The lowest BCUT2D eigenvalue weighted by molar-refractivity contribution is -0.143. The number of hydrogen-bond acceptors (Lipinski definition) is 4. The van der Waals surface area contributed by atoms with Gasteiger partial charge in [0.25, 0.3) is 0 Å². The molecule has 8 heteroatoms. The lowest BCUT2D eigenvalue weighted by atomic mass is 10.1. The van der Waals surface area contributed by atoms with E-state index in [1.165, 1.54) is 0 Å². The van der Waals surface area contributed by atoms with Crippen molar-refractivity contribution in [2.45, 2.75) is 59.1 Å². The Morgan fingerprint density at radius 2 is 1.93 bits per heavy atom. The van der Waals surface area contributed by atoms with Crippen LogP contribution in [0.25, 0.3) is 0 Å². The molecule has 6 nitrogen and oxygen atoms in total. The van der Waals surface area contributed by atoms with Crippen molar-refractivity contribution in [2.24, 2.45) is 4.99 Å². The van der Waals surface area contributed by atoms with Gasteiger partial charge in [0.1, 0.15) is 5.75 Å². The van der Waals surface area contributed by atoms with Crippen LogP contribution in [0.5, 0.6) is 5.75 Å². The molecule has 2 N–H and O–H groups in total. The molecular formula is C20H31F2N3O3. The Kier molecular flexibility index (Phi) is 11.6. The summed E-state index contributed by atoms with van der Waals surface area (Å²) < 4.78 is 34.5. The highest BCUT2D eigenvalue weighted by Crippen LogP contribution is 2.21. The molecule has 158 valence electrons. The quantitative estimate of drug-likeness (QED) is 0.242. The average Bonchev–Trinajstić information content (AvgIpc) is 2.65. The summed E-state index contributed by atoms with van der Waals surface area (Å²) in [4.78, 5) is 15.4. The van der Waals surface area contributed by atoms with E-state index in [2.05, 4.69) is 20.4 Å². The molecule has 0 unspecified atom stereocenters. The highest BCUT2D eigenvalue weighted by Gasteiger charge is 2.10. The fourth-order valence-electron chi connectivity index (χ4n) is 2.64. The third-order valence-corrected chi connectivity index (χ3v) is 4.01. The maximum Gasteiger partial charge on any atom is 0.387 e. The van der Waals surface area contributed by atoms with Crippen LogP contribution in [0.4, 0.5) is 8.78 Å². The topological polar surface area (TPSA) is 72.0 Å². The van der Waals surface area contributed by atoms with Crippen molar-refractivity contribution in [1.82, 2.24) is 10.6 Å². The number of nitrogens with one attached hydrogen (secondary N) is 2. The van der Waals surface area contributed by atoms with Gasteiger partial charge in [0, 0.05) is 32.1 Å². The molecule has 0 bridgehead atoms. The molecule has 0 atom stereocenters. The summed E-state index contributed by atoms with van der Waals surface area (Å²) >= 11 is 0. The minimum absolute atomic E-state index is 0.142. The van der Waals surface area contributed by atoms with Gasteiger partial charge in [-0.2, -0.15) is 8.78 Å². The van der Waals surface area contributed by atoms with Gasteiger partial charge >= 0.3 is 12.6 Å². The SMILES string of the molecule is CCOC(=O)CCCCCCNC(=NC)NCc1cc(C)ccc1OC(F)F. The number of benzene rings is 1. The Hall–Kier alpha value is -2.38. The summed E-state index contributed by atoms with van der Waals surface area (Å²) in [5.41, 5.74) is 1.60. The van der Waals surface area contributed by atoms with E-state index in [4.69, 9.17) is 4.74 Å². The van der Waals surface area contributed by atoms with Crippen molar-refractivity contribution in [2.75, 3.05) is 20.2 Å². The molecule has 0 heterocycles. The summed E-state index contributed by atoms with van der Waals surface area (Å²) in [5.74, 6) is 0.609. The van der Waals surface area contributed by atoms with E-state index >= 15 is 0 Å². The Morgan fingerprint density at radius 1 is 1.18 bits per heavy atom. The number of aryl methyl sites for hydroxylation is 1. The van der Waals surface area contributed by atoms with Crippen molar-refractivity contribution in [1.29, 1.82) is 0 Å². The molecule has 1 rings (SSSR count). The van der Waals surface area contributed by atoms with Crippen LogP contribution in [0.1, 0.15) is 50.2 Å². The molecule has 1 aromatic rings. The van der Waals surface area contributed by atoms with Crippen LogP contribution in [-0.4, -0.2) is 38.7 Å². The first-order valence-electron chi connectivity index (χ1n) is 9.60. The van der Waals surface area contributed by atoms with Crippen LogP contribution in [0, 0.1) is 6.92 Å². The molecule has 28 heavy (non-hydrogen) atoms. The van der Waals surface area contributed by atoms with Gasteiger partial charge in [-0.15, -0.1) is 0 Å². The molecule has 0 fully saturated rings. The fourth-order valence-corrected chi connectivity index (χ4v) is 2.64. The molecule has 0 aliphatic carbocycles. The monoisotopic (exact) mass is 399 g/mol. The summed E-state index contributed by atoms with van der Waals surface area (Å²) in [5, 5.41) is 6.30. The first kappa shape index (κ1) is 23.7. The van der Waals surface area contributed by atoms with E-state index in [1.54, 1.807) is 26.1 Å². The number of rotatable bonds is 12. The van der Waals surface area contributed by atoms with Crippen molar-refractivity contribution < 1.29 is 23.0 Å². The number of esters is 1. The van der Waals surface area contributed by atoms with Crippen molar-refractivity contribution in [3.05, 3.63) is 29.3 Å². The largest absolute Gasteiger partial charge is 0.466 e. The van der Waals surface area contributed by atoms with Gasteiger partial charge in [-0.3, -0.25) is 9.79 Å². The molecule has 0 radical (unpaired) electrons. The third-order valence-electron chi connectivity index (χ3n) is 4.01. The number of carbonyl (C=O) groups excluding carboxylic acids is 1. The number of hydrogen-bond donors (Lipinski definition) is 2. The standard InChI is InChI=1S/C20H31F2N3O3/c1-4-27-18(26)9-7-5-6-8-12-24-20(23-3)25-14-16-13-15(2)10-11-17(16)28-19(21)22/h10-11,13,19H,4-9,12,14H2,1-3H3,(H2,23,24,25). The smallest absolute Gasteiger partial charge is 0.387 e. The van der Waals surface area contributed by atoms with Gasteiger partial charge in [-0.05, 0) is 32.8 Å². The zero-order valence-electron chi connectivity index (χ0n) is 16.9. The predicted octanol–water partition coefficient (Wildman–Crippen LogP) is 3.78. The number of alkyl halides is 2. The Morgan fingerprint density at radius 3 is 2.61 bits per heavy atom. The van der Waals surface area contributed by atoms with E-state index in [0.29, 0.717) is 31.1 Å². The molecule has 0 amide bonds. The average molecular weight is 399 g/mol. The van der Waals surface area contributed by atoms with Gasteiger partial charge in [0.2, 0.25) is 0 Å². The normalized spacial score (nSPS) is 11.4. The van der Waals surface area contributed by atoms with E-state index in [1.807, 2.05) is 13.0 Å². The van der Waals surface area contributed by atoms with Gasteiger partial charge in [0.15, 0.2) is 5.96 Å². The van der Waals surface area contributed by atoms with E-state index in [-0.39, 0.29) is 11.7 Å². The molecule has 0 spiro atoms. The Balaban J connectivity index is 2.31. The molecule has 0 saturated heterocycles. The number of ether oxygens (including phenoxy) is 2. The lowest BCUT2D eigenvalue weighted by Crippen LogP contribution is -2.37. The van der Waals surface area contributed by atoms with Crippen LogP contribution >= 0.6 is 0 Å². The lowest BCUT2D eigenvalue weighted by Gasteiger charge is -2.15. The molecular weight excluding hydrogens is 368 g/mol. The maximum atomic E-state index is 12.5. The summed E-state index contributed by atoms with van der Waals surface area (Å²) in [6.07, 6.45) is 4.18. The summed E-state index contributed by atoms with van der Waals surface area (Å²) in [6, 6.07) is 5.09. The van der Waals surface area contributed by atoms with Gasteiger partial charge in [0.05, 0.1) is 6.61 Å². The first-order valence-corrected chi connectivity index (χ1v) is 9.60. The minimum atomic E-state index is -2.86. The zero-order chi connectivity index (χ0) is 20.8. The highest BCUT2D eigenvalue weighted by atomic mass is 19.3. The molecule has 0 saturated carbocycles. The van der Waals surface area contributed by atoms with Crippen LogP contribution < -0.4 is 15.4 Å². The second-order valence-electron chi connectivity index (χ2n) is 6.31.